The van der Waals surface area contributed by atoms with E-state index in [9.17, 15) is 8.42 Å². The fraction of sp³-hybridized carbons (Fsp3) is 0.769. The Kier molecular flexibility index (Phi) is 5.17. The summed E-state index contributed by atoms with van der Waals surface area (Å²) in [7, 11) is -3.06. The first-order valence-corrected chi connectivity index (χ1v) is 8.99. The van der Waals surface area contributed by atoms with Crippen molar-refractivity contribution in [2.24, 2.45) is 5.92 Å². The van der Waals surface area contributed by atoms with E-state index >= 15 is 0 Å². The first-order chi connectivity index (χ1) is 9.46. The minimum absolute atomic E-state index is 0.467. The zero-order valence-corrected chi connectivity index (χ0v) is 13.0. The topological polar surface area (TPSA) is 67.2 Å². The molecule has 0 amide bonds. The lowest BCUT2D eigenvalue weighted by molar-refractivity contribution is 0.131. The maximum absolute atomic E-state index is 11.0. The molecule has 1 aromatic rings. The molecule has 0 aromatic carbocycles. The second-order valence-electron chi connectivity index (χ2n) is 5.66. The maximum atomic E-state index is 11.0. The minimum atomic E-state index is -3.06. The van der Waals surface area contributed by atoms with Crippen LogP contribution in [0.25, 0.3) is 0 Å². The van der Waals surface area contributed by atoms with Crippen LogP contribution in [0.15, 0.2) is 18.7 Å². The summed E-state index contributed by atoms with van der Waals surface area (Å²) in [5, 5.41) is 0. The molecule has 0 unspecified atom stereocenters. The first-order valence-electron chi connectivity index (χ1n) is 7.10. The number of hydrogen-bond acceptors (Lipinski definition) is 4. The second kappa shape index (κ2) is 6.69. The molecule has 20 heavy (non-hydrogen) atoms. The van der Waals surface area contributed by atoms with E-state index in [1.807, 2.05) is 18.7 Å². The highest BCUT2D eigenvalue weighted by Gasteiger charge is 2.26. The van der Waals surface area contributed by atoms with Crippen LogP contribution < -0.4 is 4.72 Å². The van der Waals surface area contributed by atoms with Gasteiger partial charge < -0.3 is 9.47 Å². The number of likely N-dealkylation sites (tertiary alicyclic amines) is 1. The monoisotopic (exact) mass is 300 g/mol. The molecule has 2 rings (SSSR count). The van der Waals surface area contributed by atoms with Gasteiger partial charge >= 0.3 is 0 Å². The van der Waals surface area contributed by atoms with Gasteiger partial charge in [-0.25, -0.2) is 18.1 Å². The van der Waals surface area contributed by atoms with Crippen molar-refractivity contribution in [2.75, 3.05) is 32.4 Å². The fourth-order valence-corrected chi connectivity index (χ4v) is 3.25. The van der Waals surface area contributed by atoms with Crippen molar-refractivity contribution in [2.45, 2.75) is 25.8 Å². The number of nitrogens with zero attached hydrogens (tertiary/aromatic N) is 3. The smallest absolute Gasteiger partial charge is 0.208 e. The number of rotatable bonds is 6. The van der Waals surface area contributed by atoms with Gasteiger partial charge in [0.1, 0.15) is 0 Å². The molecule has 1 fully saturated rings. The molecule has 0 saturated carbocycles. The van der Waals surface area contributed by atoms with Gasteiger partial charge in [0.2, 0.25) is 10.0 Å². The van der Waals surface area contributed by atoms with Crippen molar-refractivity contribution in [1.29, 1.82) is 0 Å². The van der Waals surface area contributed by atoms with Crippen molar-refractivity contribution in [3.05, 3.63) is 18.7 Å². The zero-order chi connectivity index (χ0) is 14.6. The largest absolute Gasteiger partial charge is 0.333 e. The number of sulfonamides is 1. The van der Waals surface area contributed by atoms with Gasteiger partial charge in [0.05, 0.1) is 12.6 Å². The summed E-state index contributed by atoms with van der Waals surface area (Å²) >= 11 is 0. The summed E-state index contributed by atoms with van der Waals surface area (Å²) in [6.45, 7) is 5.83. The molecule has 6 nitrogen and oxygen atoms in total. The minimum Gasteiger partial charge on any atom is -0.333 e. The molecule has 2 heterocycles. The van der Waals surface area contributed by atoms with Gasteiger partial charge in [-0.15, -0.1) is 0 Å². The van der Waals surface area contributed by atoms with Crippen molar-refractivity contribution >= 4 is 10.0 Å². The number of hydrogen-bond donors (Lipinski definition) is 1. The SMILES string of the molecule is C[C@@H]1CCN(CCCNS(C)(=O)=O)C[C@H]1n1ccnc1. The summed E-state index contributed by atoms with van der Waals surface area (Å²) < 4.78 is 26.7. The van der Waals surface area contributed by atoms with Gasteiger partial charge in [-0.1, -0.05) is 6.92 Å². The van der Waals surface area contributed by atoms with Crippen LogP contribution in [0.5, 0.6) is 0 Å². The molecule has 2 atom stereocenters. The number of piperidine rings is 1. The lowest BCUT2D eigenvalue weighted by atomic mass is 9.93. The number of aromatic nitrogens is 2. The molecule has 1 N–H and O–H groups in total. The molecular weight excluding hydrogens is 276 g/mol. The first kappa shape index (κ1) is 15.5. The van der Waals surface area contributed by atoms with Crippen LogP contribution in [-0.2, 0) is 10.0 Å². The summed E-state index contributed by atoms with van der Waals surface area (Å²) in [6, 6.07) is 0.467. The van der Waals surface area contributed by atoms with Gasteiger partial charge in [0.25, 0.3) is 0 Å². The van der Waals surface area contributed by atoms with E-state index in [0.717, 1.165) is 26.1 Å². The number of nitrogens with one attached hydrogen (secondary N) is 1. The average Bonchev–Trinajstić information content (AvgIpc) is 2.89. The summed E-state index contributed by atoms with van der Waals surface area (Å²) in [6.07, 6.45) is 8.94. The van der Waals surface area contributed by atoms with Crippen molar-refractivity contribution < 1.29 is 8.42 Å². The third-order valence-corrected chi connectivity index (χ3v) is 4.65. The highest BCUT2D eigenvalue weighted by atomic mass is 32.2. The average molecular weight is 300 g/mol. The Morgan fingerprint density at radius 1 is 1.45 bits per heavy atom. The zero-order valence-electron chi connectivity index (χ0n) is 12.2. The van der Waals surface area contributed by atoms with Crippen LogP contribution in [0, 0.1) is 5.92 Å². The Morgan fingerprint density at radius 3 is 2.90 bits per heavy atom. The van der Waals surface area contributed by atoms with Crippen LogP contribution >= 0.6 is 0 Å². The van der Waals surface area contributed by atoms with Gasteiger partial charge in [-0.3, -0.25) is 0 Å². The fourth-order valence-electron chi connectivity index (χ4n) is 2.73. The van der Waals surface area contributed by atoms with E-state index in [2.05, 4.69) is 26.1 Å². The van der Waals surface area contributed by atoms with Crippen molar-refractivity contribution in [3.63, 3.8) is 0 Å². The van der Waals surface area contributed by atoms with Crippen molar-refractivity contribution in [1.82, 2.24) is 19.2 Å². The molecule has 1 aliphatic heterocycles. The standard InChI is InChI=1S/C13H24N4O2S/c1-12-4-8-16(7-3-5-15-20(2,18)19)10-13(12)17-9-6-14-11-17/h6,9,11-13,15H,3-5,7-8,10H2,1-2H3/t12-,13-/m1/s1. The lowest BCUT2D eigenvalue weighted by Crippen LogP contribution is -2.41. The van der Waals surface area contributed by atoms with Crippen molar-refractivity contribution in [3.8, 4) is 0 Å². The highest BCUT2D eigenvalue weighted by molar-refractivity contribution is 7.88. The normalized spacial score (nSPS) is 24.9. The lowest BCUT2D eigenvalue weighted by Gasteiger charge is -2.37. The Labute approximate surface area is 121 Å². The van der Waals surface area contributed by atoms with E-state index in [0.29, 0.717) is 18.5 Å². The Balaban J connectivity index is 1.79. The molecule has 0 aliphatic carbocycles. The third kappa shape index (κ3) is 4.57. The summed E-state index contributed by atoms with van der Waals surface area (Å²) in [5.74, 6) is 0.648. The van der Waals surface area contributed by atoms with Gasteiger partial charge in [-0.2, -0.15) is 0 Å². The van der Waals surface area contributed by atoms with E-state index < -0.39 is 10.0 Å². The Bertz CT molecular complexity index is 500. The molecule has 1 saturated heterocycles. The molecule has 114 valence electrons. The van der Waals surface area contributed by atoms with Gasteiger partial charge in [0.15, 0.2) is 0 Å². The van der Waals surface area contributed by atoms with E-state index in [1.54, 1.807) is 0 Å². The summed E-state index contributed by atoms with van der Waals surface area (Å²) in [5.41, 5.74) is 0. The van der Waals surface area contributed by atoms with Crippen LogP contribution in [-0.4, -0.2) is 55.3 Å². The maximum Gasteiger partial charge on any atom is 0.208 e. The van der Waals surface area contributed by atoms with Crippen LogP contribution in [0.1, 0.15) is 25.8 Å². The Morgan fingerprint density at radius 2 is 2.25 bits per heavy atom. The summed E-state index contributed by atoms with van der Waals surface area (Å²) in [4.78, 5) is 6.54. The predicted octanol–water partition coefficient (Wildman–Crippen LogP) is 0.705. The molecule has 1 aliphatic rings. The molecule has 0 spiro atoms. The van der Waals surface area contributed by atoms with E-state index in [4.69, 9.17) is 0 Å². The van der Waals surface area contributed by atoms with Crippen LogP contribution in [0.2, 0.25) is 0 Å². The van der Waals surface area contributed by atoms with Crippen LogP contribution in [0.3, 0.4) is 0 Å². The van der Waals surface area contributed by atoms with Crippen LogP contribution in [0.4, 0.5) is 0 Å². The highest BCUT2D eigenvalue weighted by Crippen LogP contribution is 2.27. The number of imidazole rings is 1. The molecule has 1 aromatic heterocycles. The van der Waals surface area contributed by atoms with Gasteiger partial charge in [0, 0.05) is 31.5 Å². The molecular formula is C13H24N4O2S. The second-order valence-corrected chi connectivity index (χ2v) is 7.50. The molecule has 0 radical (unpaired) electrons. The van der Waals surface area contributed by atoms with Gasteiger partial charge in [-0.05, 0) is 31.8 Å². The predicted molar refractivity (Wildman–Crippen MR) is 78.9 cm³/mol. The molecule has 0 bridgehead atoms. The molecule has 7 heteroatoms. The van der Waals surface area contributed by atoms with E-state index in [-0.39, 0.29) is 0 Å². The third-order valence-electron chi connectivity index (χ3n) is 3.93. The Hall–Kier alpha value is -0.920. The quantitative estimate of drug-likeness (QED) is 0.786. The van der Waals surface area contributed by atoms with E-state index in [1.165, 1.54) is 12.7 Å².